The first-order valence-electron chi connectivity index (χ1n) is 0.938. The molecule has 0 unspecified atom stereocenters. The fraction of sp³-hybridized carbons (Fsp3) is 0. The van der Waals surface area contributed by atoms with Crippen molar-refractivity contribution >= 4 is 45.7 Å². The van der Waals surface area contributed by atoms with Crippen molar-refractivity contribution in [3.05, 3.63) is 10.4 Å². The smallest absolute Gasteiger partial charge is 0.168 e. The van der Waals surface area contributed by atoms with Crippen LogP contribution in [0.3, 0.4) is 0 Å². The Hall–Kier alpha value is 0.570. The van der Waals surface area contributed by atoms with Gasteiger partial charge in [0.05, 0.1) is 0 Å². The third-order valence-electron chi connectivity index (χ3n) is 0.108. The quantitative estimate of drug-likeness (QED) is 0.183. The minimum atomic E-state index is 1.33. The lowest BCUT2D eigenvalue weighted by Gasteiger charge is -1.81. The Morgan fingerprint density at radius 1 is 1.67 bits per heavy atom. The molecule has 0 spiro atoms. The maximum absolute atomic E-state index is 7.64. The van der Waals surface area contributed by atoms with Crippen LogP contribution >= 0.6 is 45.7 Å². The fourth-order valence-electron chi connectivity index (χ4n) is 0.0302. The summed E-state index contributed by atoms with van der Waals surface area (Å²) in [5.74, 6) is 0. The summed E-state index contributed by atoms with van der Waals surface area (Å²) in [7, 11) is 0. The maximum atomic E-state index is 7.64. The molecule has 0 aliphatic carbocycles. The molecule has 0 saturated heterocycles. The Labute approximate surface area is 62.5 Å². The molecule has 0 aromatic rings. The largest absolute Gasteiger partial charge is 0.219 e. The van der Waals surface area contributed by atoms with E-state index >= 15 is 0 Å². The third kappa shape index (κ3) is 4.57. The Bertz CT molecular complexity index is 69.6. The first-order valence-corrected chi connectivity index (χ1v) is 2.87. The number of azide groups is 1. The number of rotatable bonds is 1. The van der Waals surface area contributed by atoms with E-state index in [1.54, 1.807) is 0 Å². The van der Waals surface area contributed by atoms with Crippen molar-refractivity contribution in [3.63, 3.8) is 0 Å². The van der Waals surface area contributed by atoms with Gasteiger partial charge in [-0.3, -0.25) is 0 Å². The number of nitrogens with zero attached hydrogens (tertiary/aromatic N) is 4. The highest BCUT2D eigenvalue weighted by Gasteiger charge is 1.80. The number of halogens is 2. The molecule has 0 bridgehead atoms. The first-order chi connectivity index (χ1) is 2.77. The summed E-state index contributed by atoms with van der Waals surface area (Å²) < 4.78 is 1.33. The predicted molar refractivity (Wildman–Crippen MR) is 39.0 cm³/mol. The molecule has 0 aliphatic heterocycles. The van der Waals surface area contributed by atoms with Crippen LogP contribution in [0, 0.1) is 0 Å². The van der Waals surface area contributed by atoms with Gasteiger partial charge in [0, 0.05) is 0 Å². The van der Waals surface area contributed by atoms with Gasteiger partial charge in [-0.15, -0.1) is 6.97 Å². The number of hydrogen-bond donors (Lipinski definition) is 0. The van der Waals surface area contributed by atoms with E-state index in [1.807, 2.05) is 45.7 Å². The molecule has 0 heterocycles. The standard InChI is InChI=1S/I2N4/c1-6(2)5-4-3. The van der Waals surface area contributed by atoms with Gasteiger partial charge in [0.1, 0.15) is 0 Å². The van der Waals surface area contributed by atoms with Gasteiger partial charge in [0.25, 0.3) is 0 Å². The summed E-state index contributed by atoms with van der Waals surface area (Å²) in [5, 5.41) is 3.11. The van der Waals surface area contributed by atoms with E-state index in [1.165, 1.54) is 1.44 Å². The summed E-state index contributed by atoms with van der Waals surface area (Å²) in [6, 6.07) is 0. The molecule has 4 nitrogen and oxygen atoms in total. The molecule has 34 valence electrons. The topological polar surface area (TPSA) is 52.0 Å². The van der Waals surface area contributed by atoms with Gasteiger partial charge in [0.2, 0.25) is 45.7 Å². The van der Waals surface area contributed by atoms with Crippen molar-refractivity contribution in [2.75, 3.05) is 0 Å². The molecule has 0 fully saturated rings. The maximum Gasteiger partial charge on any atom is 0.219 e. The van der Waals surface area contributed by atoms with E-state index in [2.05, 4.69) is 10.1 Å². The molecular formula is I2N4. The highest BCUT2D eigenvalue weighted by atomic mass is 127. The minimum Gasteiger partial charge on any atom is -0.168 e. The van der Waals surface area contributed by atoms with Crippen LogP contribution in [-0.2, 0) is 0 Å². The Morgan fingerprint density at radius 3 is 2.17 bits per heavy atom. The number of hydrogen-bond acceptors (Lipinski definition) is 1. The van der Waals surface area contributed by atoms with Gasteiger partial charge < -0.3 is 0 Å². The van der Waals surface area contributed by atoms with Crippen LogP contribution < -0.4 is 0 Å². The second kappa shape index (κ2) is 3.75. The van der Waals surface area contributed by atoms with E-state index in [0.29, 0.717) is 0 Å². The van der Waals surface area contributed by atoms with E-state index in [4.69, 9.17) is 5.53 Å². The van der Waals surface area contributed by atoms with Crippen molar-refractivity contribution < 1.29 is 0 Å². The Kier molecular flexibility index (Phi) is 4.11. The van der Waals surface area contributed by atoms with E-state index < -0.39 is 0 Å². The van der Waals surface area contributed by atoms with Gasteiger partial charge in [-0.05, 0) is 5.22 Å². The van der Waals surface area contributed by atoms with E-state index in [-0.39, 0.29) is 0 Å². The summed E-state index contributed by atoms with van der Waals surface area (Å²) in [4.78, 5) is 2.47. The molecule has 0 rings (SSSR count). The summed E-state index contributed by atoms with van der Waals surface area (Å²) >= 11 is 3.68. The van der Waals surface area contributed by atoms with Crippen LogP contribution in [0.1, 0.15) is 0 Å². The fourth-order valence-corrected chi connectivity index (χ4v) is 0.203. The Morgan fingerprint density at radius 2 is 2.17 bits per heavy atom. The summed E-state index contributed by atoms with van der Waals surface area (Å²) in [5.41, 5.74) is 7.64. The highest BCUT2D eigenvalue weighted by molar-refractivity contribution is 14.2. The van der Waals surface area contributed by atoms with Crippen molar-refractivity contribution in [1.29, 1.82) is 0 Å². The average Bonchev–Trinajstić information content (AvgIpc) is 1.35. The average molecular weight is 310 g/mol. The van der Waals surface area contributed by atoms with Crippen LogP contribution in [0.4, 0.5) is 0 Å². The van der Waals surface area contributed by atoms with Crippen molar-refractivity contribution in [3.8, 4) is 0 Å². The normalized spacial score (nSPS) is 6.33. The highest BCUT2D eigenvalue weighted by Crippen LogP contribution is 2.05. The zero-order chi connectivity index (χ0) is 4.99. The zero-order valence-electron chi connectivity index (χ0n) is 2.54. The molecule has 6 heavy (non-hydrogen) atoms. The molecule has 0 aromatic carbocycles. The lowest BCUT2D eigenvalue weighted by atomic mass is 12.7. The van der Waals surface area contributed by atoms with Crippen LogP contribution in [0.15, 0.2) is 5.22 Å². The molecule has 0 radical (unpaired) electrons. The molecular weight excluding hydrogens is 310 g/mol. The monoisotopic (exact) mass is 310 g/mol. The van der Waals surface area contributed by atoms with Crippen LogP contribution in [0.5, 0.6) is 0 Å². The second-order valence-corrected chi connectivity index (χ2v) is 4.07. The lowest BCUT2D eigenvalue weighted by molar-refractivity contribution is 0.913. The SMILES string of the molecule is [N-]=[N+]=NN(I)I. The van der Waals surface area contributed by atoms with Gasteiger partial charge in [-0.25, -0.2) is 0 Å². The van der Waals surface area contributed by atoms with Gasteiger partial charge in [-0.2, -0.15) is 4.91 Å². The molecule has 0 amide bonds. The molecule has 0 atom stereocenters. The van der Waals surface area contributed by atoms with Crippen LogP contribution in [-0.4, -0.2) is 1.44 Å². The molecule has 0 aliphatic rings. The van der Waals surface area contributed by atoms with Gasteiger partial charge >= 0.3 is 0 Å². The Balaban J connectivity index is 3.29. The van der Waals surface area contributed by atoms with Crippen molar-refractivity contribution in [1.82, 2.24) is 1.44 Å². The van der Waals surface area contributed by atoms with Crippen LogP contribution in [0.25, 0.3) is 10.4 Å². The lowest BCUT2D eigenvalue weighted by Crippen LogP contribution is -1.71. The predicted octanol–water partition coefficient (Wildman–Crippen LogP) is 2.21. The summed E-state index contributed by atoms with van der Waals surface area (Å²) in [6.07, 6.45) is 0. The van der Waals surface area contributed by atoms with Crippen molar-refractivity contribution in [2.45, 2.75) is 0 Å². The van der Waals surface area contributed by atoms with E-state index in [0.717, 1.165) is 0 Å². The first kappa shape index (κ1) is 6.57. The van der Waals surface area contributed by atoms with Crippen LogP contribution in [0.2, 0.25) is 0 Å². The van der Waals surface area contributed by atoms with E-state index in [9.17, 15) is 0 Å². The minimum absolute atomic E-state index is 1.33. The van der Waals surface area contributed by atoms with Gasteiger partial charge in [0.15, 0.2) is 0 Å². The molecule has 6 heteroatoms. The zero-order valence-corrected chi connectivity index (χ0v) is 6.86. The summed E-state index contributed by atoms with van der Waals surface area (Å²) in [6.45, 7) is 0. The second-order valence-electron chi connectivity index (χ2n) is 0.394. The van der Waals surface area contributed by atoms with Gasteiger partial charge in [-0.1, -0.05) is 0 Å². The van der Waals surface area contributed by atoms with Crippen molar-refractivity contribution in [2.24, 2.45) is 5.22 Å². The molecule has 0 N–H and O–H groups in total. The molecule has 0 saturated carbocycles. The molecule has 0 aromatic heterocycles. The third-order valence-corrected chi connectivity index (χ3v) is 0.494.